The minimum Gasteiger partial charge on any atom is -0.497 e. The van der Waals surface area contributed by atoms with Crippen LogP contribution in [-0.4, -0.2) is 44.7 Å². The van der Waals surface area contributed by atoms with Crippen LogP contribution >= 0.6 is 0 Å². The maximum absolute atomic E-state index is 12.3. The number of carbonyl (C=O) groups excluding carboxylic acids is 1. The van der Waals surface area contributed by atoms with Crippen molar-refractivity contribution in [2.24, 2.45) is 11.8 Å². The van der Waals surface area contributed by atoms with E-state index in [0.29, 0.717) is 12.5 Å². The minimum absolute atomic E-state index is 0.174. The average Bonchev–Trinajstić information content (AvgIpc) is 3.13. The van der Waals surface area contributed by atoms with E-state index < -0.39 is 0 Å². The highest BCUT2D eigenvalue weighted by Gasteiger charge is 2.13. The summed E-state index contributed by atoms with van der Waals surface area (Å²) >= 11 is 0. The van der Waals surface area contributed by atoms with Gasteiger partial charge in [0.1, 0.15) is 5.76 Å². The number of nitrogens with zero attached hydrogens (tertiary/aromatic N) is 1. The maximum atomic E-state index is 12.3. The van der Waals surface area contributed by atoms with Crippen LogP contribution in [0.4, 0.5) is 4.79 Å². The third kappa shape index (κ3) is 11.6. The second kappa shape index (κ2) is 15.5. The molecule has 0 saturated heterocycles. The first-order valence-corrected chi connectivity index (χ1v) is 11.7. The summed E-state index contributed by atoms with van der Waals surface area (Å²) in [6, 6.07) is -0.174. The average molecular weight is 430 g/mol. The van der Waals surface area contributed by atoms with Crippen LogP contribution in [0, 0.1) is 11.8 Å². The molecule has 2 amide bonds. The van der Waals surface area contributed by atoms with Crippen molar-refractivity contribution in [2.75, 3.05) is 33.8 Å². The maximum Gasteiger partial charge on any atom is 0.319 e. The molecule has 2 N–H and O–H groups in total. The molecule has 0 aromatic heterocycles. The molecule has 0 aromatic rings. The van der Waals surface area contributed by atoms with Crippen molar-refractivity contribution in [1.82, 2.24) is 15.5 Å². The van der Waals surface area contributed by atoms with Gasteiger partial charge in [-0.05, 0) is 74.9 Å². The normalized spacial score (nSPS) is 18.2. The molecule has 1 atom stereocenters. The van der Waals surface area contributed by atoms with E-state index in [4.69, 9.17) is 4.74 Å². The number of rotatable bonds is 9. The summed E-state index contributed by atoms with van der Waals surface area (Å²) in [7, 11) is 3.87. The minimum atomic E-state index is -0.174. The summed E-state index contributed by atoms with van der Waals surface area (Å²) in [4.78, 5) is 14.7. The number of nitrogens with one attached hydrogen (secondary N) is 2. The molecule has 31 heavy (non-hydrogen) atoms. The Balaban J connectivity index is 0.00000233. The highest BCUT2D eigenvalue weighted by Crippen LogP contribution is 2.18. The SMILES string of the molecule is CC.COC1=CCC=C(CNC(=O)NC2=CCC(CN(C)CCC(C)C)CC=C2)C=C1. The first-order chi connectivity index (χ1) is 15.0. The Kier molecular flexibility index (Phi) is 13.4. The number of allylic oxidation sites excluding steroid dienone is 6. The van der Waals surface area contributed by atoms with E-state index in [1.54, 1.807) is 7.11 Å². The number of hydrogen-bond acceptors (Lipinski definition) is 3. The van der Waals surface area contributed by atoms with Gasteiger partial charge in [-0.1, -0.05) is 52.0 Å². The van der Waals surface area contributed by atoms with Crippen LogP contribution in [0.2, 0.25) is 0 Å². The number of carbonyl (C=O) groups is 1. The first-order valence-electron chi connectivity index (χ1n) is 11.7. The predicted molar refractivity (Wildman–Crippen MR) is 132 cm³/mol. The van der Waals surface area contributed by atoms with Gasteiger partial charge < -0.3 is 20.3 Å². The Morgan fingerprint density at radius 2 is 1.94 bits per heavy atom. The lowest BCUT2D eigenvalue weighted by atomic mass is 10.0. The Hall–Kier alpha value is -2.27. The summed E-state index contributed by atoms with van der Waals surface area (Å²) < 4.78 is 5.24. The summed E-state index contributed by atoms with van der Waals surface area (Å²) in [6.45, 7) is 11.3. The predicted octanol–water partition coefficient (Wildman–Crippen LogP) is 5.56. The van der Waals surface area contributed by atoms with Crippen LogP contribution in [-0.2, 0) is 4.74 Å². The molecule has 0 aliphatic heterocycles. The van der Waals surface area contributed by atoms with Crippen LogP contribution in [0.1, 0.15) is 53.4 Å². The van der Waals surface area contributed by atoms with Gasteiger partial charge in [0.2, 0.25) is 0 Å². The van der Waals surface area contributed by atoms with Crippen molar-refractivity contribution in [1.29, 1.82) is 0 Å². The van der Waals surface area contributed by atoms with E-state index >= 15 is 0 Å². The highest BCUT2D eigenvalue weighted by atomic mass is 16.5. The first kappa shape index (κ1) is 26.8. The lowest BCUT2D eigenvalue weighted by Gasteiger charge is -2.22. The smallest absolute Gasteiger partial charge is 0.319 e. The molecule has 5 nitrogen and oxygen atoms in total. The van der Waals surface area contributed by atoms with Crippen LogP contribution in [0.3, 0.4) is 0 Å². The van der Waals surface area contributed by atoms with E-state index in [2.05, 4.69) is 54.7 Å². The quantitative estimate of drug-likeness (QED) is 0.505. The Labute approximate surface area is 190 Å². The lowest BCUT2D eigenvalue weighted by molar-refractivity contribution is 0.244. The fourth-order valence-corrected chi connectivity index (χ4v) is 3.39. The summed E-state index contributed by atoms with van der Waals surface area (Å²) in [5.41, 5.74) is 1.95. The van der Waals surface area contributed by atoms with Crippen molar-refractivity contribution in [3.05, 3.63) is 59.6 Å². The van der Waals surface area contributed by atoms with Gasteiger partial charge in [-0.3, -0.25) is 0 Å². The topological polar surface area (TPSA) is 53.6 Å². The molecular formula is C26H43N3O2. The van der Waals surface area contributed by atoms with Gasteiger partial charge in [-0.2, -0.15) is 0 Å². The molecule has 0 saturated carbocycles. The number of methoxy groups -OCH3 is 1. The van der Waals surface area contributed by atoms with Gasteiger partial charge in [0.15, 0.2) is 0 Å². The molecule has 0 fully saturated rings. The zero-order valence-electron chi connectivity index (χ0n) is 20.4. The molecule has 1 unspecified atom stereocenters. The highest BCUT2D eigenvalue weighted by molar-refractivity contribution is 5.76. The number of amides is 2. The Morgan fingerprint density at radius 1 is 1.16 bits per heavy atom. The standard InChI is InChI=1S/C24H37N3O2.C2H6/c1-19(2)15-16-27(3)18-21-8-5-9-22(13-11-21)26-24(28)25-17-20-7-6-10-23(29-4)14-12-20;1-2/h5,7,9-10,12-14,19,21H,6,8,11,15-18H2,1-4H3,(H2,25,26,28);1-2H3. The van der Waals surface area contributed by atoms with E-state index in [1.165, 1.54) is 6.42 Å². The van der Waals surface area contributed by atoms with Crippen molar-refractivity contribution < 1.29 is 9.53 Å². The van der Waals surface area contributed by atoms with Crippen LogP contribution in [0.5, 0.6) is 0 Å². The molecule has 2 rings (SSSR count). The molecular weight excluding hydrogens is 386 g/mol. The number of ether oxygens (including phenoxy) is 1. The van der Waals surface area contributed by atoms with E-state index in [9.17, 15) is 4.79 Å². The molecule has 5 heteroatoms. The third-order valence-corrected chi connectivity index (χ3v) is 5.20. The lowest BCUT2D eigenvalue weighted by Crippen LogP contribution is -2.35. The van der Waals surface area contributed by atoms with Crippen molar-refractivity contribution in [2.45, 2.75) is 53.4 Å². The fraction of sp³-hybridized carbons (Fsp3) is 0.577. The summed E-state index contributed by atoms with van der Waals surface area (Å²) in [5, 5.41) is 5.90. The Bertz CT molecular complexity index is 687. The summed E-state index contributed by atoms with van der Waals surface area (Å²) in [6.07, 6.45) is 18.4. The van der Waals surface area contributed by atoms with Crippen LogP contribution in [0.25, 0.3) is 0 Å². The molecule has 0 heterocycles. The van der Waals surface area contributed by atoms with Crippen LogP contribution in [0.15, 0.2) is 59.6 Å². The fourth-order valence-electron chi connectivity index (χ4n) is 3.39. The molecule has 0 bridgehead atoms. The second-order valence-electron chi connectivity index (χ2n) is 8.31. The molecule has 0 aromatic carbocycles. The van der Waals surface area contributed by atoms with Gasteiger partial charge in [0.05, 0.1) is 7.11 Å². The van der Waals surface area contributed by atoms with Crippen LogP contribution < -0.4 is 10.6 Å². The zero-order chi connectivity index (χ0) is 23.1. The van der Waals surface area contributed by atoms with Crippen molar-refractivity contribution in [3.8, 4) is 0 Å². The molecule has 174 valence electrons. The molecule has 0 spiro atoms. The third-order valence-electron chi connectivity index (χ3n) is 5.20. The van der Waals surface area contributed by atoms with E-state index in [1.807, 2.05) is 38.2 Å². The monoisotopic (exact) mass is 429 g/mol. The van der Waals surface area contributed by atoms with Gasteiger partial charge in [-0.25, -0.2) is 4.79 Å². The zero-order valence-corrected chi connectivity index (χ0v) is 20.4. The molecule has 2 aliphatic carbocycles. The van der Waals surface area contributed by atoms with Crippen molar-refractivity contribution in [3.63, 3.8) is 0 Å². The molecule has 0 radical (unpaired) electrons. The van der Waals surface area contributed by atoms with Gasteiger partial charge in [0, 0.05) is 18.8 Å². The van der Waals surface area contributed by atoms with E-state index in [0.717, 1.165) is 55.3 Å². The van der Waals surface area contributed by atoms with E-state index in [-0.39, 0.29) is 6.03 Å². The van der Waals surface area contributed by atoms with Crippen molar-refractivity contribution >= 4 is 6.03 Å². The number of urea groups is 1. The van der Waals surface area contributed by atoms with Gasteiger partial charge >= 0.3 is 6.03 Å². The number of hydrogen-bond donors (Lipinski definition) is 2. The summed E-state index contributed by atoms with van der Waals surface area (Å²) in [5.74, 6) is 2.18. The van der Waals surface area contributed by atoms with Gasteiger partial charge in [0.25, 0.3) is 0 Å². The van der Waals surface area contributed by atoms with Gasteiger partial charge in [-0.15, -0.1) is 0 Å². The largest absolute Gasteiger partial charge is 0.497 e. The second-order valence-corrected chi connectivity index (χ2v) is 8.31. The Morgan fingerprint density at radius 3 is 2.65 bits per heavy atom. The molecule has 2 aliphatic rings.